The molecule has 7 atom stereocenters. The molecule has 6 heterocycles. The molecule has 4 aromatic heterocycles. The van der Waals surface area contributed by atoms with E-state index in [9.17, 15) is 14.4 Å². The van der Waals surface area contributed by atoms with Gasteiger partial charge in [-0.2, -0.15) is 0 Å². The lowest BCUT2D eigenvalue weighted by atomic mass is 9.84. The number of amides is 2. The van der Waals surface area contributed by atoms with Gasteiger partial charge in [0, 0.05) is 60.5 Å². The monoisotopic (exact) mass is 766 g/mol. The molecule has 0 aromatic carbocycles. The number of pyridine rings is 1. The number of hydrazine groups is 1. The molecule has 0 radical (unpaired) electrons. The number of hydrogen-bond donors (Lipinski definition) is 2. The second-order valence-electron chi connectivity index (χ2n) is 15.7. The van der Waals surface area contributed by atoms with Gasteiger partial charge in [0.15, 0.2) is 0 Å². The Morgan fingerprint density at radius 3 is 2.77 bits per heavy atom. The smallest absolute Gasteiger partial charge is 0.325 e. The first-order valence-electron chi connectivity index (χ1n) is 18.2. The normalized spacial score (nSPS) is 28.2. The number of nitrogens with one attached hydrogen (secondary N) is 2. The minimum absolute atomic E-state index is 0.0434. The van der Waals surface area contributed by atoms with Crippen LogP contribution in [0.1, 0.15) is 63.4 Å². The molecule has 282 valence electrons. The van der Waals surface area contributed by atoms with Crippen molar-refractivity contribution >= 4 is 50.7 Å². The summed E-state index contributed by atoms with van der Waals surface area (Å²) in [4.78, 5) is 52.7. The number of methoxy groups -OCH3 is 1. The molecule has 2 saturated carbocycles. The van der Waals surface area contributed by atoms with Gasteiger partial charge in [0.25, 0.3) is 11.8 Å². The molecule has 2 aliphatic heterocycles. The van der Waals surface area contributed by atoms with E-state index >= 15 is 8.78 Å². The molecule has 2 aliphatic carbocycles. The van der Waals surface area contributed by atoms with Crippen LogP contribution in [0, 0.1) is 29.1 Å². The maximum absolute atomic E-state index is 15.2. The number of thiophene rings is 1. The summed E-state index contributed by atoms with van der Waals surface area (Å²) in [6.45, 7) is 10.4. The fraction of sp³-hybridized carbons (Fsp3) is 0.553. The van der Waals surface area contributed by atoms with Gasteiger partial charge in [0.05, 0.1) is 51.5 Å². The zero-order valence-corrected chi connectivity index (χ0v) is 32.2. The molecule has 53 heavy (non-hydrogen) atoms. The number of thiazole rings is 1. The summed E-state index contributed by atoms with van der Waals surface area (Å²) in [6, 6.07) is 3.63. The Balaban J connectivity index is 1.24. The fourth-order valence-corrected chi connectivity index (χ4v) is 10.2. The van der Waals surface area contributed by atoms with Gasteiger partial charge in [0.1, 0.15) is 16.9 Å². The number of fused-ring (bicyclic) bond motifs is 8. The van der Waals surface area contributed by atoms with Crippen LogP contribution in [0.25, 0.3) is 32.0 Å². The van der Waals surface area contributed by atoms with Crippen molar-refractivity contribution in [2.75, 3.05) is 20.3 Å². The van der Waals surface area contributed by atoms with Crippen molar-refractivity contribution in [1.82, 2.24) is 30.3 Å². The highest BCUT2D eigenvalue weighted by Crippen LogP contribution is 2.59. The van der Waals surface area contributed by atoms with E-state index in [0.717, 1.165) is 54.7 Å². The van der Waals surface area contributed by atoms with Gasteiger partial charge in [-0.3, -0.25) is 24.4 Å². The van der Waals surface area contributed by atoms with E-state index in [-0.39, 0.29) is 43.4 Å². The Hall–Kier alpha value is -3.79. The Morgan fingerprint density at radius 2 is 2.06 bits per heavy atom. The molecular formula is C38H44F2N6O5S2. The Labute approximate surface area is 314 Å². The Bertz CT molecular complexity index is 2110. The van der Waals surface area contributed by atoms with Gasteiger partial charge in [-0.05, 0) is 56.4 Å². The van der Waals surface area contributed by atoms with Gasteiger partial charge < -0.3 is 19.4 Å². The second kappa shape index (κ2) is 13.2. The molecule has 4 aromatic rings. The zero-order valence-electron chi connectivity index (χ0n) is 30.6. The number of aryl methyl sites for hydroxylation is 1. The van der Waals surface area contributed by atoms with E-state index in [1.807, 2.05) is 39.1 Å². The molecule has 4 aliphatic rings. The van der Waals surface area contributed by atoms with Crippen LogP contribution in [0.4, 0.5) is 8.78 Å². The van der Waals surface area contributed by atoms with Crippen molar-refractivity contribution in [1.29, 1.82) is 0 Å². The SMILES string of the molecule is CCn1c(-c2cccnc2[C@H](C)OC)c2c3cc(sc31)-c1csc(n1)C[C@H](NC(=O)[C@H]1C[C@@H]1C)C(=O)N1C[C@H]3[C@@H]([C@H](N1)C(=O)OCC(C)(C)C2)C3(F)F. The number of cyclic esters (lactones) is 1. The van der Waals surface area contributed by atoms with Crippen molar-refractivity contribution in [3.05, 3.63) is 46.0 Å². The average molecular weight is 767 g/mol. The quantitative estimate of drug-likeness (QED) is 0.228. The van der Waals surface area contributed by atoms with Crippen molar-refractivity contribution < 1.29 is 32.6 Å². The standard InChI is InChI=1S/C38H44F2N6O5S2/c1-7-45-32(20-9-8-10-41-30(20)19(3)50-6)23-14-37(4,5)17-51-36(49)31-29-24(38(29,39)40)15-46(44-31)34(48)25(43-33(47)21-11-18(21)2)13-28-42-26(16-52-28)27-12-22(23)35(45)53-27/h8-10,12,16,18-19,21,24-25,29,31,44H,7,11,13-15,17H2,1-6H3,(H,43,47)/t18-,19-,21-,24-,25-,29-,31-/m0/s1. The van der Waals surface area contributed by atoms with Gasteiger partial charge >= 0.3 is 5.97 Å². The van der Waals surface area contributed by atoms with E-state index in [4.69, 9.17) is 19.4 Å². The van der Waals surface area contributed by atoms with Crippen LogP contribution in [-0.4, -0.2) is 75.6 Å². The largest absolute Gasteiger partial charge is 0.464 e. The van der Waals surface area contributed by atoms with Gasteiger partial charge in [-0.25, -0.2) is 19.2 Å². The first-order valence-corrected chi connectivity index (χ1v) is 19.9. The summed E-state index contributed by atoms with van der Waals surface area (Å²) in [6.07, 6.45) is 2.79. The zero-order chi connectivity index (χ0) is 37.6. The number of rotatable bonds is 6. The van der Waals surface area contributed by atoms with E-state index in [1.165, 1.54) is 11.3 Å². The van der Waals surface area contributed by atoms with Gasteiger partial charge in [-0.1, -0.05) is 20.8 Å². The van der Waals surface area contributed by atoms with E-state index in [1.54, 1.807) is 24.6 Å². The molecule has 1 saturated heterocycles. The van der Waals surface area contributed by atoms with Crippen molar-refractivity contribution in [3.8, 4) is 21.8 Å². The second-order valence-corrected chi connectivity index (χ2v) is 17.7. The molecule has 0 spiro atoms. The lowest BCUT2D eigenvalue weighted by Crippen LogP contribution is -2.61. The summed E-state index contributed by atoms with van der Waals surface area (Å²) >= 11 is 3.02. The first-order chi connectivity index (χ1) is 25.2. The number of aromatic nitrogens is 3. The van der Waals surface area contributed by atoms with Crippen LogP contribution in [-0.2, 0) is 43.2 Å². The van der Waals surface area contributed by atoms with Gasteiger partial charge in [0.2, 0.25) is 5.91 Å². The van der Waals surface area contributed by atoms with Crippen LogP contribution in [0.2, 0.25) is 0 Å². The molecule has 0 unspecified atom stereocenters. The summed E-state index contributed by atoms with van der Waals surface area (Å²) in [5, 5.41) is 7.61. The van der Waals surface area contributed by atoms with Crippen LogP contribution < -0.4 is 10.7 Å². The Kier molecular flexibility index (Phi) is 9.02. The molecule has 2 N–H and O–H groups in total. The minimum atomic E-state index is -3.15. The summed E-state index contributed by atoms with van der Waals surface area (Å²) < 4.78 is 44.3. The third kappa shape index (κ3) is 6.36. The van der Waals surface area contributed by atoms with Crippen molar-refractivity contribution in [2.24, 2.45) is 29.1 Å². The predicted molar refractivity (Wildman–Crippen MR) is 197 cm³/mol. The van der Waals surface area contributed by atoms with Crippen molar-refractivity contribution in [3.63, 3.8) is 0 Å². The highest BCUT2D eigenvalue weighted by molar-refractivity contribution is 7.22. The van der Waals surface area contributed by atoms with Crippen LogP contribution >= 0.6 is 22.7 Å². The number of halogens is 2. The maximum atomic E-state index is 15.2. The molecule has 8 rings (SSSR count). The highest BCUT2D eigenvalue weighted by atomic mass is 32.1. The minimum Gasteiger partial charge on any atom is -0.464 e. The molecular weight excluding hydrogens is 723 g/mol. The number of carbonyl (C=O) groups is 3. The summed E-state index contributed by atoms with van der Waals surface area (Å²) in [5.41, 5.74) is 6.75. The van der Waals surface area contributed by atoms with E-state index in [0.29, 0.717) is 18.0 Å². The molecule has 6 bridgehead atoms. The number of nitrogens with zero attached hydrogens (tertiary/aromatic N) is 4. The van der Waals surface area contributed by atoms with E-state index in [2.05, 4.69) is 34.4 Å². The fourth-order valence-electron chi connectivity index (χ4n) is 8.05. The number of ether oxygens (including phenoxy) is 2. The first kappa shape index (κ1) is 36.2. The maximum Gasteiger partial charge on any atom is 0.325 e. The van der Waals surface area contributed by atoms with Crippen LogP contribution in [0.15, 0.2) is 29.8 Å². The van der Waals surface area contributed by atoms with Crippen LogP contribution in [0.3, 0.4) is 0 Å². The van der Waals surface area contributed by atoms with Crippen LogP contribution in [0.5, 0.6) is 0 Å². The third-order valence-corrected chi connectivity index (χ3v) is 13.4. The summed E-state index contributed by atoms with van der Waals surface area (Å²) in [5.74, 6) is -7.31. The van der Waals surface area contributed by atoms with Gasteiger partial charge in [-0.15, -0.1) is 22.7 Å². The highest BCUT2D eigenvalue weighted by Gasteiger charge is 2.75. The topological polar surface area (TPSA) is 128 Å². The molecule has 3 fully saturated rings. The average Bonchev–Trinajstić information content (AvgIpc) is 3.69. The third-order valence-electron chi connectivity index (χ3n) is 11.3. The van der Waals surface area contributed by atoms with E-state index < -0.39 is 47.1 Å². The number of carbonyl (C=O) groups excluding carboxylic acids is 3. The molecule has 11 nitrogen and oxygen atoms in total. The lowest BCUT2D eigenvalue weighted by Gasteiger charge is -2.34. The predicted octanol–water partition coefficient (Wildman–Crippen LogP) is 6.02. The van der Waals surface area contributed by atoms with Crippen molar-refractivity contribution in [2.45, 2.75) is 84.5 Å². The lowest BCUT2D eigenvalue weighted by molar-refractivity contribution is -0.156. The molecule has 2 amide bonds. The molecule has 15 heteroatoms. The number of hydrogen-bond acceptors (Lipinski definition) is 10. The Morgan fingerprint density at radius 1 is 1.28 bits per heavy atom. The summed E-state index contributed by atoms with van der Waals surface area (Å²) in [7, 11) is 1.66. The number of esters is 1. The number of alkyl halides is 2.